The molecule has 7 heteroatoms. The van der Waals surface area contributed by atoms with Crippen LogP contribution in [0.3, 0.4) is 0 Å². The van der Waals surface area contributed by atoms with Gasteiger partial charge in [-0.3, -0.25) is 4.79 Å². The molecule has 0 radical (unpaired) electrons. The van der Waals surface area contributed by atoms with Gasteiger partial charge in [0.2, 0.25) is 5.91 Å². The first kappa shape index (κ1) is 16.5. The highest BCUT2D eigenvalue weighted by Crippen LogP contribution is 2.37. The molecule has 25 heavy (non-hydrogen) atoms. The fraction of sp³-hybridized carbons (Fsp3) is 0.278. The van der Waals surface area contributed by atoms with Gasteiger partial charge in [-0.2, -0.15) is 0 Å². The van der Waals surface area contributed by atoms with E-state index >= 15 is 0 Å². The second kappa shape index (κ2) is 6.72. The summed E-state index contributed by atoms with van der Waals surface area (Å²) in [5, 5.41) is 0. The van der Waals surface area contributed by atoms with Crippen LogP contribution in [0.25, 0.3) is 20.7 Å². The SMILES string of the molecule is CC(=O)N1CCN(c2ncnc3cc(-c4ccc(Br)cc4)sc23)CC1. The fourth-order valence-electron chi connectivity index (χ4n) is 3.06. The Morgan fingerprint density at radius 3 is 2.52 bits per heavy atom. The molecule has 0 unspecified atom stereocenters. The number of piperazine rings is 1. The van der Waals surface area contributed by atoms with Crippen LogP contribution in [-0.2, 0) is 4.79 Å². The van der Waals surface area contributed by atoms with Crippen LogP contribution in [0, 0.1) is 0 Å². The summed E-state index contributed by atoms with van der Waals surface area (Å²) in [7, 11) is 0. The maximum absolute atomic E-state index is 11.5. The van der Waals surface area contributed by atoms with Crippen molar-refractivity contribution in [3.63, 3.8) is 0 Å². The standard InChI is InChI=1S/C18H17BrN4OS/c1-12(24)22-6-8-23(9-7-22)18-17-15(20-11-21-18)10-16(25-17)13-2-4-14(19)5-3-13/h2-5,10-11H,6-9H2,1H3. The lowest BCUT2D eigenvalue weighted by Crippen LogP contribution is -2.48. The molecule has 1 aliphatic rings. The lowest BCUT2D eigenvalue weighted by Gasteiger charge is -2.34. The number of fused-ring (bicyclic) bond motifs is 1. The van der Waals surface area contributed by atoms with E-state index in [9.17, 15) is 4.79 Å². The van der Waals surface area contributed by atoms with Crippen LogP contribution in [0.5, 0.6) is 0 Å². The predicted molar refractivity (Wildman–Crippen MR) is 105 cm³/mol. The van der Waals surface area contributed by atoms with Crippen LogP contribution < -0.4 is 4.90 Å². The van der Waals surface area contributed by atoms with Crippen molar-refractivity contribution >= 4 is 49.2 Å². The van der Waals surface area contributed by atoms with Crippen molar-refractivity contribution in [1.29, 1.82) is 0 Å². The van der Waals surface area contributed by atoms with Crippen LogP contribution in [0.15, 0.2) is 41.1 Å². The molecule has 0 spiro atoms. The smallest absolute Gasteiger partial charge is 0.219 e. The number of halogens is 1. The molecule has 3 aromatic rings. The van der Waals surface area contributed by atoms with E-state index in [0.717, 1.165) is 46.7 Å². The van der Waals surface area contributed by atoms with E-state index in [1.54, 1.807) is 24.6 Å². The van der Waals surface area contributed by atoms with Crippen molar-refractivity contribution in [1.82, 2.24) is 14.9 Å². The Hall–Kier alpha value is -1.99. The Balaban J connectivity index is 1.66. The van der Waals surface area contributed by atoms with Gasteiger partial charge in [-0.1, -0.05) is 28.1 Å². The first-order chi connectivity index (χ1) is 12.1. The number of hydrogen-bond acceptors (Lipinski definition) is 5. The zero-order chi connectivity index (χ0) is 17.4. The molecule has 5 nitrogen and oxygen atoms in total. The number of benzene rings is 1. The Kier molecular flexibility index (Phi) is 4.43. The molecule has 0 aliphatic carbocycles. The van der Waals surface area contributed by atoms with Gasteiger partial charge in [0.1, 0.15) is 12.1 Å². The molecule has 0 bridgehead atoms. The molecule has 1 amide bonds. The maximum atomic E-state index is 11.5. The average molecular weight is 417 g/mol. The summed E-state index contributed by atoms with van der Waals surface area (Å²) in [6.07, 6.45) is 1.63. The number of aromatic nitrogens is 2. The van der Waals surface area contributed by atoms with E-state index < -0.39 is 0 Å². The van der Waals surface area contributed by atoms with Crippen LogP contribution >= 0.6 is 27.3 Å². The van der Waals surface area contributed by atoms with Gasteiger partial charge in [0.15, 0.2) is 0 Å². The van der Waals surface area contributed by atoms with Crippen molar-refractivity contribution in [2.24, 2.45) is 0 Å². The van der Waals surface area contributed by atoms with Crippen molar-refractivity contribution < 1.29 is 4.79 Å². The van der Waals surface area contributed by atoms with Gasteiger partial charge in [0, 0.05) is 42.5 Å². The van der Waals surface area contributed by atoms with Gasteiger partial charge < -0.3 is 9.80 Å². The Morgan fingerprint density at radius 2 is 1.84 bits per heavy atom. The number of rotatable bonds is 2. The molecule has 128 valence electrons. The maximum Gasteiger partial charge on any atom is 0.219 e. The zero-order valence-corrected chi connectivity index (χ0v) is 16.2. The van der Waals surface area contributed by atoms with Crippen LogP contribution in [0.1, 0.15) is 6.92 Å². The third kappa shape index (κ3) is 3.26. The molecule has 3 heterocycles. The molecule has 0 atom stereocenters. The largest absolute Gasteiger partial charge is 0.352 e. The monoisotopic (exact) mass is 416 g/mol. The van der Waals surface area contributed by atoms with E-state index in [1.165, 1.54) is 10.4 Å². The van der Waals surface area contributed by atoms with Crippen LogP contribution in [0.2, 0.25) is 0 Å². The molecule has 1 fully saturated rings. The van der Waals surface area contributed by atoms with Crippen LogP contribution in [0.4, 0.5) is 5.82 Å². The minimum Gasteiger partial charge on any atom is -0.352 e. The van der Waals surface area contributed by atoms with Gasteiger partial charge in [0.05, 0.1) is 10.2 Å². The number of anilines is 1. The predicted octanol–water partition coefficient (Wildman–Crippen LogP) is 3.79. The molecule has 1 aromatic carbocycles. The second-order valence-electron chi connectivity index (χ2n) is 6.02. The minimum absolute atomic E-state index is 0.140. The van der Waals surface area contributed by atoms with Crippen molar-refractivity contribution in [3.8, 4) is 10.4 Å². The lowest BCUT2D eigenvalue weighted by molar-refractivity contribution is -0.129. The van der Waals surface area contributed by atoms with Crippen molar-refractivity contribution in [2.75, 3.05) is 31.1 Å². The molecule has 0 N–H and O–H groups in total. The van der Waals surface area contributed by atoms with E-state index in [4.69, 9.17) is 0 Å². The minimum atomic E-state index is 0.140. The van der Waals surface area contributed by atoms with Crippen LogP contribution in [-0.4, -0.2) is 47.0 Å². The quantitative estimate of drug-likeness (QED) is 0.637. The Bertz CT molecular complexity index is 916. The topological polar surface area (TPSA) is 49.3 Å². The first-order valence-electron chi connectivity index (χ1n) is 8.13. The van der Waals surface area contributed by atoms with E-state index in [-0.39, 0.29) is 5.91 Å². The second-order valence-corrected chi connectivity index (χ2v) is 7.99. The summed E-state index contributed by atoms with van der Waals surface area (Å²) in [4.78, 5) is 25.8. The van der Waals surface area contributed by atoms with E-state index in [1.807, 2.05) is 17.0 Å². The molecule has 4 rings (SSSR count). The summed E-state index contributed by atoms with van der Waals surface area (Å²) >= 11 is 5.20. The van der Waals surface area contributed by atoms with Gasteiger partial charge in [0.25, 0.3) is 0 Å². The summed E-state index contributed by atoms with van der Waals surface area (Å²) < 4.78 is 2.18. The molecular weight excluding hydrogens is 400 g/mol. The number of carbonyl (C=O) groups excluding carboxylic acids is 1. The summed E-state index contributed by atoms with van der Waals surface area (Å²) in [6.45, 7) is 4.72. The highest BCUT2D eigenvalue weighted by Gasteiger charge is 2.22. The van der Waals surface area contributed by atoms with Gasteiger partial charge in [-0.25, -0.2) is 9.97 Å². The van der Waals surface area contributed by atoms with E-state index in [2.05, 4.69) is 49.0 Å². The van der Waals surface area contributed by atoms with Gasteiger partial charge in [-0.05, 0) is 23.8 Å². The number of carbonyl (C=O) groups is 1. The highest BCUT2D eigenvalue weighted by atomic mass is 79.9. The summed E-state index contributed by atoms with van der Waals surface area (Å²) in [5.74, 6) is 1.11. The molecule has 2 aromatic heterocycles. The highest BCUT2D eigenvalue weighted by molar-refractivity contribution is 9.10. The lowest BCUT2D eigenvalue weighted by atomic mass is 10.2. The summed E-state index contributed by atoms with van der Waals surface area (Å²) in [5.41, 5.74) is 2.15. The molecule has 1 aliphatic heterocycles. The zero-order valence-electron chi connectivity index (χ0n) is 13.8. The normalized spacial score (nSPS) is 15.0. The number of hydrogen-bond donors (Lipinski definition) is 0. The Labute approximate surface area is 158 Å². The number of amides is 1. The van der Waals surface area contributed by atoms with Crippen molar-refractivity contribution in [2.45, 2.75) is 6.92 Å². The molecular formula is C18H17BrN4OS. The fourth-order valence-corrected chi connectivity index (χ4v) is 4.45. The van der Waals surface area contributed by atoms with Gasteiger partial charge in [-0.15, -0.1) is 11.3 Å². The third-order valence-electron chi connectivity index (χ3n) is 4.45. The van der Waals surface area contributed by atoms with Crippen molar-refractivity contribution in [3.05, 3.63) is 41.1 Å². The molecule has 1 saturated heterocycles. The van der Waals surface area contributed by atoms with Gasteiger partial charge >= 0.3 is 0 Å². The Morgan fingerprint density at radius 1 is 1.12 bits per heavy atom. The third-order valence-corrected chi connectivity index (χ3v) is 6.14. The number of nitrogens with zero attached hydrogens (tertiary/aromatic N) is 4. The average Bonchev–Trinajstić information content (AvgIpc) is 3.06. The molecule has 0 saturated carbocycles. The summed E-state index contributed by atoms with van der Waals surface area (Å²) in [6, 6.07) is 10.4. The number of thiophene rings is 1. The van der Waals surface area contributed by atoms with E-state index in [0.29, 0.717) is 0 Å². The first-order valence-corrected chi connectivity index (χ1v) is 9.74.